The molecule has 1 amide bonds. The lowest BCUT2D eigenvalue weighted by Gasteiger charge is -2.15. The maximum absolute atomic E-state index is 12.2. The molecule has 0 fully saturated rings. The smallest absolute Gasteiger partial charge is 0.507 e. The number of phenols is 1. The number of phenolic OH excluding ortho intramolecular Hbond substituents is 1. The first-order valence-corrected chi connectivity index (χ1v) is 10.8. The number of amides is 1. The highest BCUT2D eigenvalue weighted by molar-refractivity contribution is 7.39. The molecule has 2 aromatic rings. The van der Waals surface area contributed by atoms with Gasteiger partial charge in [-0.2, -0.15) is 0 Å². The standard InChI is InChI=1S/C20H21N2O10P/c1-30-18(24)16(21-20(26)31-12-13-5-3-2-4-6-13)9-10-32-33(29)19(25)15-11-14(22(27)28)7-8-17(15)23/h2-8,11,16,19,25H,9-10,12H2,1H3,(H-,21,23,26)/p+1/t16-,19?/m0/s1. The molecule has 12 nitrogen and oxygen atoms in total. The number of nitrogens with one attached hydrogen (secondary N) is 1. The zero-order valence-electron chi connectivity index (χ0n) is 17.4. The Balaban J connectivity index is 1.90. The molecule has 0 radical (unpaired) electrons. The number of hydrogen-bond donors (Lipinski definition) is 3. The van der Waals surface area contributed by atoms with Crippen LogP contribution in [0, 0.1) is 10.1 Å². The number of aliphatic hydroxyl groups is 1. The first-order chi connectivity index (χ1) is 15.7. The van der Waals surface area contributed by atoms with Crippen LogP contribution in [0.15, 0.2) is 48.5 Å². The van der Waals surface area contributed by atoms with Crippen molar-refractivity contribution in [2.45, 2.75) is 24.9 Å². The Kier molecular flexibility index (Phi) is 9.67. The Morgan fingerprint density at radius 3 is 2.55 bits per heavy atom. The topological polar surface area (TPSA) is 175 Å². The molecule has 2 aromatic carbocycles. The zero-order valence-corrected chi connectivity index (χ0v) is 18.3. The van der Waals surface area contributed by atoms with E-state index in [2.05, 4.69) is 10.1 Å². The van der Waals surface area contributed by atoms with Gasteiger partial charge in [-0.15, -0.1) is 4.52 Å². The van der Waals surface area contributed by atoms with Gasteiger partial charge in [-0.3, -0.25) is 10.1 Å². The lowest BCUT2D eigenvalue weighted by molar-refractivity contribution is -0.385. The SMILES string of the molecule is COC(=O)[C@H](CCO[P+](=O)C(O)c1cc([N+](=O)[O-])ccc1O)NC(=O)OCc1ccccc1. The van der Waals surface area contributed by atoms with Crippen molar-refractivity contribution in [2.24, 2.45) is 0 Å². The van der Waals surface area contributed by atoms with E-state index in [1.807, 2.05) is 0 Å². The molecule has 2 rings (SSSR count). The maximum atomic E-state index is 12.2. The number of aliphatic hydroxyl groups excluding tert-OH is 1. The molecule has 0 aromatic heterocycles. The Morgan fingerprint density at radius 1 is 1.21 bits per heavy atom. The molecule has 0 saturated heterocycles. The molecule has 0 bridgehead atoms. The van der Waals surface area contributed by atoms with Gasteiger partial charge in [0.25, 0.3) is 5.69 Å². The van der Waals surface area contributed by atoms with Crippen molar-refractivity contribution >= 4 is 25.8 Å². The summed E-state index contributed by atoms with van der Waals surface area (Å²) in [6, 6.07) is 10.5. The quantitative estimate of drug-likeness (QED) is 0.187. The molecule has 3 atom stereocenters. The summed E-state index contributed by atoms with van der Waals surface area (Å²) in [6.07, 6.45) is -1.07. The number of carbonyl (C=O) groups is 2. The second-order valence-corrected chi connectivity index (χ2v) is 7.88. The number of methoxy groups -OCH3 is 1. The van der Waals surface area contributed by atoms with Gasteiger partial charge in [0, 0.05) is 18.6 Å². The van der Waals surface area contributed by atoms with E-state index in [1.54, 1.807) is 30.3 Å². The maximum Gasteiger partial charge on any atom is 0.545 e. The molecule has 3 N–H and O–H groups in total. The third-order valence-electron chi connectivity index (χ3n) is 4.32. The molecule has 13 heteroatoms. The van der Waals surface area contributed by atoms with Crippen molar-refractivity contribution in [1.29, 1.82) is 0 Å². The number of nitro benzene ring substituents is 1. The molecule has 0 heterocycles. The van der Waals surface area contributed by atoms with Crippen LogP contribution in [0.2, 0.25) is 0 Å². The summed E-state index contributed by atoms with van der Waals surface area (Å²) in [5.41, 5.74) is -0.0346. The predicted molar refractivity (Wildman–Crippen MR) is 113 cm³/mol. The van der Waals surface area contributed by atoms with E-state index in [9.17, 15) is 34.5 Å². The van der Waals surface area contributed by atoms with Crippen molar-refractivity contribution in [3.05, 3.63) is 69.8 Å². The fourth-order valence-corrected chi connectivity index (χ4v) is 3.47. The van der Waals surface area contributed by atoms with E-state index in [0.717, 1.165) is 30.9 Å². The van der Waals surface area contributed by atoms with Crippen molar-refractivity contribution in [3.63, 3.8) is 0 Å². The first-order valence-electron chi connectivity index (χ1n) is 9.52. The number of carbonyl (C=O) groups excluding carboxylic acids is 2. The van der Waals surface area contributed by atoms with E-state index in [0.29, 0.717) is 0 Å². The molecule has 0 spiro atoms. The molecule has 0 aliphatic rings. The number of nitrogens with zero attached hydrogens (tertiary/aromatic N) is 1. The number of benzene rings is 2. The van der Waals surface area contributed by atoms with Crippen molar-refractivity contribution in [3.8, 4) is 5.75 Å². The van der Waals surface area contributed by atoms with E-state index in [1.165, 1.54) is 0 Å². The highest BCUT2D eigenvalue weighted by atomic mass is 31.1. The minimum atomic E-state index is -2.85. The molecule has 176 valence electrons. The monoisotopic (exact) mass is 481 g/mol. The lowest BCUT2D eigenvalue weighted by atomic mass is 10.2. The Labute approximate surface area is 189 Å². The first kappa shape index (κ1) is 25.7. The summed E-state index contributed by atoms with van der Waals surface area (Å²) < 4.78 is 26.9. The van der Waals surface area contributed by atoms with Crippen LogP contribution in [0.1, 0.15) is 23.4 Å². The number of esters is 1. The largest absolute Gasteiger partial charge is 0.545 e. The van der Waals surface area contributed by atoms with Crippen molar-refractivity contribution in [2.75, 3.05) is 13.7 Å². The summed E-state index contributed by atoms with van der Waals surface area (Å²) >= 11 is 0. The van der Waals surface area contributed by atoms with Gasteiger partial charge in [-0.25, -0.2) is 9.59 Å². The Bertz CT molecular complexity index is 1000. The summed E-state index contributed by atoms with van der Waals surface area (Å²) in [5.74, 6) is -3.17. The summed E-state index contributed by atoms with van der Waals surface area (Å²) in [7, 11) is -1.74. The van der Waals surface area contributed by atoms with Gasteiger partial charge in [0.2, 0.25) is 0 Å². The third-order valence-corrected chi connectivity index (χ3v) is 5.43. The number of ether oxygens (including phenoxy) is 2. The predicted octanol–water partition coefficient (Wildman–Crippen LogP) is 2.91. The normalized spacial score (nSPS) is 12.8. The van der Waals surface area contributed by atoms with Gasteiger partial charge < -0.3 is 25.0 Å². The number of aromatic hydroxyl groups is 1. The van der Waals surface area contributed by atoms with Gasteiger partial charge in [0.05, 0.1) is 17.6 Å². The minimum absolute atomic E-state index is 0.0260. The van der Waals surface area contributed by atoms with Crippen LogP contribution in [0.5, 0.6) is 5.75 Å². The van der Waals surface area contributed by atoms with Crippen molar-refractivity contribution < 1.29 is 43.3 Å². The number of rotatable bonds is 11. The average Bonchev–Trinajstić information content (AvgIpc) is 2.81. The van der Waals surface area contributed by atoms with Crippen LogP contribution in [0.25, 0.3) is 0 Å². The van der Waals surface area contributed by atoms with E-state index in [-0.39, 0.29) is 25.2 Å². The van der Waals surface area contributed by atoms with E-state index >= 15 is 0 Å². The average molecular weight is 481 g/mol. The van der Waals surface area contributed by atoms with Crippen LogP contribution in [0.4, 0.5) is 10.5 Å². The van der Waals surface area contributed by atoms with Crippen molar-refractivity contribution in [1.82, 2.24) is 5.32 Å². The second-order valence-electron chi connectivity index (χ2n) is 6.56. The van der Waals surface area contributed by atoms with Gasteiger partial charge in [0.1, 0.15) is 25.0 Å². The molecule has 0 saturated carbocycles. The zero-order chi connectivity index (χ0) is 24.4. The number of non-ortho nitro benzene ring substituents is 1. The molecular formula is C20H22N2O10P+. The number of hydrogen-bond acceptors (Lipinski definition) is 10. The van der Waals surface area contributed by atoms with Gasteiger partial charge >= 0.3 is 25.9 Å². The van der Waals surface area contributed by atoms with Gasteiger partial charge in [-0.1, -0.05) is 30.3 Å². The van der Waals surface area contributed by atoms with Crippen LogP contribution < -0.4 is 5.32 Å². The fraction of sp³-hybridized carbons (Fsp3) is 0.300. The lowest BCUT2D eigenvalue weighted by Crippen LogP contribution is -2.42. The van der Waals surface area contributed by atoms with Crippen LogP contribution in [-0.2, 0) is 30.0 Å². The van der Waals surface area contributed by atoms with E-state index in [4.69, 9.17) is 9.26 Å². The number of nitro groups is 1. The van der Waals surface area contributed by atoms with Crippen LogP contribution in [-0.4, -0.2) is 47.0 Å². The van der Waals surface area contributed by atoms with Gasteiger partial charge in [-0.05, 0) is 16.2 Å². The number of alkyl carbamates (subject to hydrolysis) is 1. The third kappa shape index (κ3) is 7.79. The minimum Gasteiger partial charge on any atom is -0.507 e. The highest BCUT2D eigenvalue weighted by Crippen LogP contribution is 2.44. The molecule has 0 aliphatic heterocycles. The molecular weight excluding hydrogens is 459 g/mol. The second kappa shape index (κ2) is 12.4. The highest BCUT2D eigenvalue weighted by Gasteiger charge is 2.36. The summed E-state index contributed by atoms with van der Waals surface area (Å²) in [6.45, 7) is -0.386. The fourth-order valence-electron chi connectivity index (χ4n) is 2.61. The summed E-state index contributed by atoms with van der Waals surface area (Å²) in [4.78, 5) is 34.0. The van der Waals surface area contributed by atoms with Gasteiger partial charge in [0.15, 0.2) is 0 Å². The summed E-state index contributed by atoms with van der Waals surface area (Å²) in [5, 5.41) is 33.1. The molecule has 0 aliphatic carbocycles. The van der Waals surface area contributed by atoms with E-state index < -0.39 is 48.3 Å². The molecule has 33 heavy (non-hydrogen) atoms. The van der Waals surface area contributed by atoms with Crippen LogP contribution in [0.3, 0.4) is 0 Å². The van der Waals surface area contributed by atoms with Crippen LogP contribution >= 0.6 is 8.03 Å². The Morgan fingerprint density at radius 2 is 1.91 bits per heavy atom. The molecule has 2 unspecified atom stereocenters. The Hall–Kier alpha value is -3.60.